The van der Waals surface area contributed by atoms with Gasteiger partial charge in [-0.05, 0) is 24.8 Å². The van der Waals surface area contributed by atoms with Gasteiger partial charge in [-0.2, -0.15) is 0 Å². The number of rotatable bonds is 3. The van der Waals surface area contributed by atoms with Gasteiger partial charge in [-0.25, -0.2) is 4.39 Å². The van der Waals surface area contributed by atoms with Gasteiger partial charge in [0.25, 0.3) is 0 Å². The van der Waals surface area contributed by atoms with Crippen molar-refractivity contribution in [1.82, 2.24) is 0 Å². The molecule has 0 aliphatic heterocycles. The summed E-state index contributed by atoms with van der Waals surface area (Å²) < 4.78 is 18.1. The molecule has 0 unspecified atom stereocenters. The Labute approximate surface area is 87.7 Å². The summed E-state index contributed by atoms with van der Waals surface area (Å²) >= 11 is 0. The number of aromatic hydroxyl groups is 1. The van der Waals surface area contributed by atoms with E-state index in [0.717, 1.165) is 18.9 Å². The van der Waals surface area contributed by atoms with Gasteiger partial charge in [0, 0.05) is 17.7 Å². The molecule has 1 aromatic carbocycles. The molecule has 3 nitrogen and oxygen atoms in total. The quantitative estimate of drug-likeness (QED) is 0.803. The number of phenolic OH excluding ortho intramolecular Hbond substituents is 1. The number of methoxy groups -OCH3 is 1. The monoisotopic (exact) mass is 211 g/mol. The SMILES string of the molecule is COc1cc(F)cc([C@H](N)C2CC2)c1O. The summed E-state index contributed by atoms with van der Waals surface area (Å²) in [4.78, 5) is 0. The van der Waals surface area contributed by atoms with Crippen molar-refractivity contribution in [3.05, 3.63) is 23.5 Å². The van der Waals surface area contributed by atoms with Crippen LogP contribution in [0.15, 0.2) is 12.1 Å². The van der Waals surface area contributed by atoms with Crippen LogP contribution in [0.5, 0.6) is 11.5 Å². The predicted octanol–water partition coefficient (Wildman–Crippen LogP) is 1.95. The van der Waals surface area contributed by atoms with Crippen molar-refractivity contribution in [3.8, 4) is 11.5 Å². The zero-order valence-electron chi connectivity index (χ0n) is 8.53. The third-order valence-corrected chi connectivity index (χ3v) is 2.78. The summed E-state index contributed by atoms with van der Waals surface area (Å²) in [6, 6.07) is 2.13. The van der Waals surface area contributed by atoms with Gasteiger partial charge in [-0.1, -0.05) is 0 Å². The highest BCUT2D eigenvalue weighted by Gasteiger charge is 2.32. The number of ether oxygens (including phenoxy) is 1. The van der Waals surface area contributed by atoms with Crippen molar-refractivity contribution < 1.29 is 14.2 Å². The third kappa shape index (κ3) is 1.90. The topological polar surface area (TPSA) is 55.5 Å². The molecule has 2 rings (SSSR count). The average molecular weight is 211 g/mol. The van der Waals surface area contributed by atoms with E-state index in [2.05, 4.69) is 0 Å². The molecule has 1 atom stereocenters. The zero-order valence-corrected chi connectivity index (χ0v) is 8.53. The Bertz CT molecular complexity index is 377. The minimum absolute atomic E-state index is 0.0432. The maximum Gasteiger partial charge on any atom is 0.163 e. The Morgan fingerprint density at radius 1 is 1.53 bits per heavy atom. The van der Waals surface area contributed by atoms with E-state index >= 15 is 0 Å². The van der Waals surface area contributed by atoms with E-state index in [1.165, 1.54) is 13.2 Å². The summed E-state index contributed by atoms with van der Waals surface area (Å²) in [6.07, 6.45) is 2.08. The van der Waals surface area contributed by atoms with Crippen LogP contribution >= 0.6 is 0 Å². The van der Waals surface area contributed by atoms with E-state index in [4.69, 9.17) is 10.5 Å². The number of phenols is 1. The molecule has 1 aliphatic rings. The molecule has 0 bridgehead atoms. The number of benzene rings is 1. The molecule has 1 saturated carbocycles. The number of hydrogen-bond acceptors (Lipinski definition) is 3. The van der Waals surface area contributed by atoms with Crippen LogP contribution in [-0.2, 0) is 0 Å². The normalized spacial score (nSPS) is 17.5. The molecular weight excluding hydrogens is 197 g/mol. The van der Waals surface area contributed by atoms with Crippen LogP contribution in [0.3, 0.4) is 0 Å². The van der Waals surface area contributed by atoms with Crippen molar-refractivity contribution in [1.29, 1.82) is 0 Å². The molecule has 0 saturated heterocycles. The molecule has 82 valence electrons. The lowest BCUT2D eigenvalue weighted by Crippen LogP contribution is -2.13. The molecule has 0 spiro atoms. The number of hydrogen-bond donors (Lipinski definition) is 2. The maximum atomic E-state index is 13.2. The first-order valence-corrected chi connectivity index (χ1v) is 4.95. The summed E-state index contributed by atoms with van der Waals surface area (Å²) in [6.45, 7) is 0. The van der Waals surface area contributed by atoms with Gasteiger partial charge >= 0.3 is 0 Å². The lowest BCUT2D eigenvalue weighted by atomic mass is 10.0. The van der Waals surface area contributed by atoms with Crippen LogP contribution in [0.25, 0.3) is 0 Å². The summed E-state index contributed by atoms with van der Waals surface area (Å²) in [5.41, 5.74) is 6.35. The molecule has 1 fully saturated rings. The van der Waals surface area contributed by atoms with Gasteiger partial charge in [0.15, 0.2) is 11.5 Å². The minimum atomic E-state index is -0.434. The van der Waals surface area contributed by atoms with Crippen LogP contribution in [0.1, 0.15) is 24.4 Å². The summed E-state index contributed by atoms with van der Waals surface area (Å²) in [7, 11) is 1.39. The standard InChI is InChI=1S/C11H14FNO2/c1-15-9-5-7(12)4-8(11(9)14)10(13)6-2-3-6/h4-6,10,14H,2-3,13H2,1H3/t10-/m1/s1. The molecule has 0 amide bonds. The molecule has 0 heterocycles. The van der Waals surface area contributed by atoms with Crippen molar-refractivity contribution in [2.24, 2.45) is 11.7 Å². The first-order chi connectivity index (χ1) is 7.13. The van der Waals surface area contributed by atoms with Gasteiger partial charge in [0.05, 0.1) is 7.11 Å². The largest absolute Gasteiger partial charge is 0.504 e. The van der Waals surface area contributed by atoms with E-state index in [1.54, 1.807) is 0 Å². The van der Waals surface area contributed by atoms with Crippen molar-refractivity contribution >= 4 is 0 Å². The van der Waals surface area contributed by atoms with Crippen LogP contribution in [-0.4, -0.2) is 12.2 Å². The Morgan fingerprint density at radius 2 is 2.20 bits per heavy atom. The van der Waals surface area contributed by atoms with Crippen molar-refractivity contribution in [3.63, 3.8) is 0 Å². The summed E-state index contributed by atoms with van der Waals surface area (Å²) in [5.74, 6) is 0.0255. The first kappa shape index (κ1) is 10.2. The second-order valence-electron chi connectivity index (χ2n) is 3.91. The second kappa shape index (κ2) is 3.70. The highest BCUT2D eigenvalue weighted by molar-refractivity contribution is 5.47. The van der Waals surface area contributed by atoms with E-state index in [-0.39, 0.29) is 17.5 Å². The first-order valence-electron chi connectivity index (χ1n) is 4.95. The minimum Gasteiger partial charge on any atom is -0.504 e. The molecule has 0 radical (unpaired) electrons. The molecule has 0 aromatic heterocycles. The average Bonchev–Trinajstić information content (AvgIpc) is 3.03. The predicted molar refractivity (Wildman–Crippen MR) is 54.3 cm³/mol. The van der Waals surface area contributed by atoms with E-state index < -0.39 is 5.82 Å². The molecule has 1 aromatic rings. The van der Waals surface area contributed by atoms with Crippen LogP contribution < -0.4 is 10.5 Å². The number of nitrogens with two attached hydrogens (primary N) is 1. The highest BCUT2D eigenvalue weighted by atomic mass is 19.1. The Kier molecular flexibility index (Phi) is 2.52. The van der Waals surface area contributed by atoms with Crippen molar-refractivity contribution in [2.45, 2.75) is 18.9 Å². The fraction of sp³-hybridized carbons (Fsp3) is 0.455. The molecule has 15 heavy (non-hydrogen) atoms. The van der Waals surface area contributed by atoms with Gasteiger partial charge in [0.1, 0.15) is 5.82 Å². The van der Waals surface area contributed by atoms with Gasteiger partial charge in [0.2, 0.25) is 0 Å². The summed E-state index contributed by atoms with van der Waals surface area (Å²) in [5, 5.41) is 9.79. The van der Waals surface area contributed by atoms with Crippen LogP contribution in [0.2, 0.25) is 0 Å². The van der Waals surface area contributed by atoms with Gasteiger partial charge in [-0.15, -0.1) is 0 Å². The zero-order chi connectivity index (χ0) is 11.0. The van der Waals surface area contributed by atoms with Gasteiger partial charge in [-0.3, -0.25) is 0 Å². The van der Waals surface area contributed by atoms with Gasteiger partial charge < -0.3 is 15.6 Å². The third-order valence-electron chi connectivity index (χ3n) is 2.78. The van der Waals surface area contributed by atoms with E-state index in [0.29, 0.717) is 11.5 Å². The molecule has 1 aliphatic carbocycles. The molecule has 4 heteroatoms. The number of halogens is 1. The maximum absolute atomic E-state index is 13.2. The van der Waals surface area contributed by atoms with E-state index in [9.17, 15) is 9.50 Å². The Morgan fingerprint density at radius 3 is 2.73 bits per heavy atom. The lowest BCUT2D eigenvalue weighted by molar-refractivity contribution is 0.363. The Balaban J connectivity index is 2.40. The fourth-order valence-electron chi connectivity index (χ4n) is 1.71. The second-order valence-corrected chi connectivity index (χ2v) is 3.91. The highest BCUT2D eigenvalue weighted by Crippen LogP contribution is 2.44. The lowest BCUT2D eigenvalue weighted by Gasteiger charge is -2.14. The van der Waals surface area contributed by atoms with E-state index in [1.807, 2.05) is 0 Å². The Hall–Kier alpha value is -1.29. The van der Waals surface area contributed by atoms with Crippen molar-refractivity contribution in [2.75, 3.05) is 7.11 Å². The van der Waals surface area contributed by atoms with Crippen LogP contribution in [0, 0.1) is 11.7 Å². The smallest absolute Gasteiger partial charge is 0.163 e. The molecule has 3 N–H and O–H groups in total. The molecular formula is C11H14FNO2. The van der Waals surface area contributed by atoms with Crippen LogP contribution in [0.4, 0.5) is 4.39 Å². The fourth-order valence-corrected chi connectivity index (χ4v) is 1.71.